The number of Topliss-reactive ketones (excluding diaryl/α,β-unsaturated/α-hetero) is 1. The highest BCUT2D eigenvalue weighted by Gasteiger charge is 2.35. The van der Waals surface area contributed by atoms with Crippen molar-refractivity contribution in [1.29, 1.82) is 0 Å². The number of carbonyl (C=O) groups excluding carboxylic acids is 1. The molecule has 0 unspecified atom stereocenters. The second-order valence-corrected chi connectivity index (χ2v) is 6.88. The molecule has 128 valence electrons. The predicted octanol–water partition coefficient (Wildman–Crippen LogP) is 4.59. The lowest BCUT2D eigenvalue weighted by molar-refractivity contribution is 0.0840. The number of hydrogen-bond acceptors (Lipinski definition) is 4. The van der Waals surface area contributed by atoms with Crippen molar-refractivity contribution < 1.29 is 19.0 Å². The summed E-state index contributed by atoms with van der Waals surface area (Å²) in [4.78, 5) is 12.8. The van der Waals surface area contributed by atoms with Crippen LogP contribution in [0.2, 0.25) is 0 Å². The Morgan fingerprint density at radius 1 is 1.20 bits per heavy atom. The maximum Gasteiger partial charge on any atom is 0.174 e. The summed E-state index contributed by atoms with van der Waals surface area (Å²) in [5, 5.41) is 0. The number of hydrogen-bond donors (Lipinski definition) is 0. The highest BCUT2D eigenvalue weighted by molar-refractivity contribution is 6.04. The molecule has 0 saturated carbocycles. The summed E-state index contributed by atoms with van der Waals surface area (Å²) in [7, 11) is 1.56. The molecule has 1 atom stereocenters. The van der Waals surface area contributed by atoms with E-state index in [1.807, 2.05) is 56.3 Å². The van der Waals surface area contributed by atoms with E-state index in [2.05, 4.69) is 0 Å². The fourth-order valence-electron chi connectivity index (χ4n) is 3.33. The molecule has 0 aromatic heterocycles. The van der Waals surface area contributed by atoms with Crippen LogP contribution in [0.1, 0.15) is 47.9 Å². The van der Waals surface area contributed by atoms with Crippen LogP contribution in [0.5, 0.6) is 17.2 Å². The van der Waals surface area contributed by atoms with Crippen molar-refractivity contribution in [3.8, 4) is 17.2 Å². The first-order valence-electron chi connectivity index (χ1n) is 8.36. The Balaban J connectivity index is 1.86. The molecule has 4 heteroatoms. The van der Waals surface area contributed by atoms with Gasteiger partial charge in [-0.2, -0.15) is 0 Å². The maximum absolute atomic E-state index is 12.8. The Kier molecular flexibility index (Phi) is 3.57. The number of methoxy groups -OCH3 is 1. The van der Waals surface area contributed by atoms with Gasteiger partial charge in [0.25, 0.3) is 0 Å². The van der Waals surface area contributed by atoms with Crippen LogP contribution in [0.25, 0.3) is 6.08 Å². The zero-order valence-corrected chi connectivity index (χ0v) is 14.5. The van der Waals surface area contributed by atoms with Crippen LogP contribution < -0.4 is 14.2 Å². The minimum absolute atomic E-state index is 0.0213. The maximum atomic E-state index is 12.8. The predicted molar refractivity (Wildman–Crippen MR) is 95.5 cm³/mol. The molecule has 0 fully saturated rings. The molecule has 2 aliphatic rings. The lowest BCUT2D eigenvalue weighted by atomic mass is 9.91. The lowest BCUT2D eigenvalue weighted by Crippen LogP contribution is -2.29. The molecule has 0 amide bonds. The molecule has 2 aromatic rings. The summed E-state index contributed by atoms with van der Waals surface area (Å²) in [6.45, 7) is 3.97. The van der Waals surface area contributed by atoms with Gasteiger partial charge in [0.15, 0.2) is 5.78 Å². The molecular formula is C21H20O4. The van der Waals surface area contributed by atoms with Crippen LogP contribution in [0, 0.1) is 0 Å². The smallest absolute Gasteiger partial charge is 0.174 e. The van der Waals surface area contributed by atoms with Crippen molar-refractivity contribution in [2.75, 3.05) is 7.11 Å². The van der Waals surface area contributed by atoms with E-state index in [1.165, 1.54) is 0 Å². The van der Waals surface area contributed by atoms with Crippen LogP contribution in [0.15, 0.2) is 42.5 Å². The first kappa shape index (κ1) is 15.8. The number of rotatable bonds is 2. The molecule has 4 nitrogen and oxygen atoms in total. The van der Waals surface area contributed by atoms with Gasteiger partial charge in [-0.05, 0) is 31.6 Å². The topological polar surface area (TPSA) is 44.8 Å². The van der Waals surface area contributed by atoms with E-state index in [0.29, 0.717) is 29.2 Å². The third-order valence-corrected chi connectivity index (χ3v) is 4.57. The zero-order chi connectivity index (χ0) is 17.6. The molecule has 0 saturated heterocycles. The largest absolute Gasteiger partial charge is 0.496 e. The minimum Gasteiger partial charge on any atom is -0.496 e. The first-order chi connectivity index (χ1) is 12.0. The monoisotopic (exact) mass is 336 g/mol. The summed E-state index contributed by atoms with van der Waals surface area (Å²) in [6.07, 6.45) is 3.93. The number of carbonyl (C=O) groups is 1. The third kappa shape index (κ3) is 2.68. The van der Waals surface area contributed by atoms with Crippen LogP contribution in [-0.2, 0) is 0 Å². The van der Waals surface area contributed by atoms with Crippen molar-refractivity contribution in [2.24, 2.45) is 0 Å². The van der Waals surface area contributed by atoms with Crippen LogP contribution >= 0.6 is 0 Å². The number of fused-ring (bicyclic) bond motifs is 3. The van der Waals surface area contributed by atoms with E-state index >= 15 is 0 Å². The van der Waals surface area contributed by atoms with Gasteiger partial charge >= 0.3 is 0 Å². The summed E-state index contributed by atoms with van der Waals surface area (Å²) in [5.74, 6) is 1.74. The molecule has 25 heavy (non-hydrogen) atoms. The van der Waals surface area contributed by atoms with E-state index in [0.717, 1.165) is 11.1 Å². The van der Waals surface area contributed by atoms with Crippen molar-refractivity contribution in [3.05, 3.63) is 59.2 Å². The molecule has 0 bridgehead atoms. The van der Waals surface area contributed by atoms with Crippen LogP contribution in [-0.4, -0.2) is 18.5 Å². The highest BCUT2D eigenvalue weighted by atomic mass is 16.5. The summed E-state index contributed by atoms with van der Waals surface area (Å²) in [6, 6.07) is 11.6. The quantitative estimate of drug-likeness (QED) is 0.805. The molecule has 0 N–H and O–H groups in total. The average Bonchev–Trinajstić information content (AvgIpc) is 2.60. The van der Waals surface area contributed by atoms with E-state index in [9.17, 15) is 4.79 Å². The van der Waals surface area contributed by atoms with E-state index in [1.54, 1.807) is 13.2 Å². The summed E-state index contributed by atoms with van der Waals surface area (Å²) >= 11 is 0. The summed E-state index contributed by atoms with van der Waals surface area (Å²) in [5.41, 5.74) is 1.87. The van der Waals surface area contributed by atoms with E-state index in [-0.39, 0.29) is 11.9 Å². The van der Waals surface area contributed by atoms with Gasteiger partial charge in [0.05, 0.1) is 19.1 Å². The standard InChI is InChI=1S/C21H20O4/c1-21(2)10-9-14-17(25-21)12-18(23-3)19-15(22)11-16(24-20(14)19)13-7-5-4-6-8-13/h4-10,12,16H,11H2,1-3H3/t16-/m1/s1. The van der Waals surface area contributed by atoms with Crippen molar-refractivity contribution in [2.45, 2.75) is 32.0 Å². The first-order valence-corrected chi connectivity index (χ1v) is 8.36. The number of benzene rings is 2. The molecule has 0 radical (unpaired) electrons. The lowest BCUT2D eigenvalue weighted by Gasteiger charge is -2.33. The molecule has 0 spiro atoms. The second kappa shape index (κ2) is 5.66. The van der Waals surface area contributed by atoms with Gasteiger partial charge in [-0.1, -0.05) is 30.3 Å². The van der Waals surface area contributed by atoms with Crippen molar-refractivity contribution in [3.63, 3.8) is 0 Å². The van der Waals surface area contributed by atoms with Gasteiger partial charge < -0.3 is 14.2 Å². The third-order valence-electron chi connectivity index (χ3n) is 4.57. The average molecular weight is 336 g/mol. The molecule has 2 aliphatic heterocycles. The Bertz CT molecular complexity index is 865. The van der Waals surface area contributed by atoms with E-state index in [4.69, 9.17) is 14.2 Å². The van der Waals surface area contributed by atoms with Gasteiger partial charge in [0, 0.05) is 6.07 Å². The van der Waals surface area contributed by atoms with Crippen LogP contribution in [0.4, 0.5) is 0 Å². The molecular weight excluding hydrogens is 316 g/mol. The summed E-state index contributed by atoms with van der Waals surface area (Å²) < 4.78 is 17.8. The Morgan fingerprint density at radius 3 is 2.68 bits per heavy atom. The van der Waals surface area contributed by atoms with Gasteiger partial charge in [-0.25, -0.2) is 0 Å². The van der Waals surface area contributed by atoms with Crippen LogP contribution in [0.3, 0.4) is 0 Å². The van der Waals surface area contributed by atoms with Gasteiger partial charge in [-0.3, -0.25) is 4.79 Å². The molecule has 2 heterocycles. The fourth-order valence-corrected chi connectivity index (χ4v) is 3.33. The molecule has 0 aliphatic carbocycles. The minimum atomic E-state index is -0.413. The Hall–Kier alpha value is -2.75. The normalized spacial score (nSPS) is 20.1. The van der Waals surface area contributed by atoms with Gasteiger partial charge in [0.2, 0.25) is 0 Å². The zero-order valence-electron chi connectivity index (χ0n) is 14.5. The highest BCUT2D eigenvalue weighted by Crippen LogP contribution is 2.48. The SMILES string of the molecule is COc1cc2c(c3c1C(=O)C[C@H](c1ccccc1)O3)C=CC(C)(C)O2. The fraction of sp³-hybridized carbons (Fsp3) is 0.286. The van der Waals surface area contributed by atoms with E-state index < -0.39 is 5.60 Å². The Labute approximate surface area is 147 Å². The van der Waals surface area contributed by atoms with Gasteiger partial charge in [-0.15, -0.1) is 0 Å². The number of ether oxygens (including phenoxy) is 3. The Morgan fingerprint density at radius 2 is 1.96 bits per heavy atom. The van der Waals surface area contributed by atoms with Crippen molar-refractivity contribution in [1.82, 2.24) is 0 Å². The molecule has 2 aromatic carbocycles. The van der Waals surface area contributed by atoms with Gasteiger partial charge in [0.1, 0.15) is 34.5 Å². The molecule has 4 rings (SSSR count). The number of ketones is 1. The van der Waals surface area contributed by atoms with Crippen molar-refractivity contribution >= 4 is 11.9 Å². The second-order valence-electron chi connectivity index (χ2n) is 6.88.